The maximum Gasteiger partial charge on any atom is 0.433 e. The molecule has 1 aliphatic heterocycles. The molecule has 40 heavy (non-hydrogen) atoms. The third-order valence-corrected chi connectivity index (χ3v) is 6.67. The first-order valence-corrected chi connectivity index (χ1v) is 11.9. The molecule has 5 rings (SSSR count). The molecule has 3 heterocycles. The Morgan fingerprint density at radius 2 is 1.68 bits per heavy atom. The van der Waals surface area contributed by atoms with E-state index in [1.54, 1.807) is 12.1 Å². The number of aromatic nitrogens is 2. The van der Waals surface area contributed by atoms with E-state index in [0.29, 0.717) is 30.7 Å². The number of amides is 1. The number of pyridine rings is 2. The Morgan fingerprint density at radius 3 is 2.25 bits per heavy atom. The maximum absolute atomic E-state index is 13.5. The van der Waals surface area contributed by atoms with E-state index in [2.05, 4.69) is 15.3 Å². The maximum atomic E-state index is 13.5. The van der Waals surface area contributed by atoms with E-state index in [4.69, 9.17) is 9.84 Å². The minimum atomic E-state index is -4.76. The summed E-state index contributed by atoms with van der Waals surface area (Å²) in [6, 6.07) is 9.73. The second-order valence-corrected chi connectivity index (χ2v) is 9.52. The van der Waals surface area contributed by atoms with Gasteiger partial charge in [0.25, 0.3) is 5.91 Å². The van der Waals surface area contributed by atoms with Crippen LogP contribution in [0, 0.1) is 0 Å². The fourth-order valence-electron chi connectivity index (χ4n) is 4.35. The third-order valence-electron chi connectivity index (χ3n) is 6.67. The Kier molecular flexibility index (Phi) is 6.59. The van der Waals surface area contributed by atoms with Gasteiger partial charge in [-0.2, -0.15) is 26.3 Å². The zero-order valence-electron chi connectivity index (χ0n) is 20.4. The minimum absolute atomic E-state index is 0.0400. The second-order valence-electron chi connectivity index (χ2n) is 9.52. The smallest absolute Gasteiger partial charge is 0.433 e. The summed E-state index contributed by atoms with van der Waals surface area (Å²) in [5, 5.41) is 11.9. The zero-order valence-corrected chi connectivity index (χ0v) is 20.4. The Labute approximate surface area is 222 Å². The van der Waals surface area contributed by atoms with E-state index < -0.39 is 47.1 Å². The number of carbonyl (C=O) groups excluding carboxylic acids is 1. The third kappa shape index (κ3) is 5.51. The van der Waals surface area contributed by atoms with Crippen molar-refractivity contribution in [1.82, 2.24) is 15.3 Å². The number of hydrogen-bond donors (Lipinski definition) is 2. The summed E-state index contributed by atoms with van der Waals surface area (Å²) in [5.74, 6) is -2.24. The van der Waals surface area contributed by atoms with Crippen LogP contribution in [0.3, 0.4) is 0 Å². The monoisotopic (exact) mass is 566 g/mol. The van der Waals surface area contributed by atoms with Crippen molar-refractivity contribution in [2.24, 2.45) is 0 Å². The predicted octanol–water partition coefficient (Wildman–Crippen LogP) is 4.90. The van der Waals surface area contributed by atoms with Gasteiger partial charge in [-0.05, 0) is 42.7 Å². The van der Waals surface area contributed by atoms with Crippen LogP contribution in [0.5, 0.6) is 5.88 Å². The number of carboxylic acids is 1. The van der Waals surface area contributed by atoms with Crippen molar-refractivity contribution in [3.8, 4) is 5.88 Å². The lowest BCUT2D eigenvalue weighted by atomic mass is 10.0. The summed E-state index contributed by atoms with van der Waals surface area (Å²) in [5.41, 5.74) is -2.80. The van der Waals surface area contributed by atoms with Crippen molar-refractivity contribution < 1.29 is 45.8 Å². The second kappa shape index (κ2) is 9.68. The molecule has 3 aromatic rings. The lowest BCUT2D eigenvalue weighted by Gasteiger charge is -2.40. The standard InChI is InChI=1S/C26H20F6N4O4/c27-25(28,29)16-10-18(22(37)35-24(8-9-24)15-6-4-14(5-7-15)23(38)39)21(33-11-16)36-12-17(13-36)40-20-3-1-2-19(34-20)26(30,31)32/h1-7,10-11,17H,8-9,12-13H2,(H,35,37)(H,38,39). The summed E-state index contributed by atoms with van der Waals surface area (Å²) in [4.78, 5) is 33.3. The number of carboxylic acid groups (broad SMARTS) is 1. The Morgan fingerprint density at radius 1 is 1.00 bits per heavy atom. The van der Waals surface area contributed by atoms with E-state index in [-0.39, 0.29) is 35.9 Å². The highest BCUT2D eigenvalue weighted by molar-refractivity contribution is 6.00. The van der Waals surface area contributed by atoms with Gasteiger partial charge in [-0.3, -0.25) is 4.79 Å². The van der Waals surface area contributed by atoms with Gasteiger partial charge in [-0.1, -0.05) is 18.2 Å². The van der Waals surface area contributed by atoms with Crippen molar-refractivity contribution in [3.05, 3.63) is 82.7 Å². The highest BCUT2D eigenvalue weighted by atomic mass is 19.4. The lowest BCUT2D eigenvalue weighted by Crippen LogP contribution is -2.55. The molecule has 0 atom stereocenters. The van der Waals surface area contributed by atoms with Gasteiger partial charge in [-0.15, -0.1) is 0 Å². The molecular weight excluding hydrogens is 546 g/mol. The quantitative estimate of drug-likeness (QED) is 0.392. The number of benzene rings is 1. The molecule has 0 unspecified atom stereocenters. The van der Waals surface area contributed by atoms with Crippen LogP contribution in [0.4, 0.5) is 32.2 Å². The van der Waals surface area contributed by atoms with Crippen LogP contribution in [0.2, 0.25) is 0 Å². The first-order chi connectivity index (χ1) is 18.7. The van der Waals surface area contributed by atoms with Crippen LogP contribution >= 0.6 is 0 Å². The van der Waals surface area contributed by atoms with Crippen LogP contribution in [-0.4, -0.2) is 46.1 Å². The molecule has 1 aliphatic carbocycles. The molecule has 0 radical (unpaired) electrons. The number of nitrogens with zero attached hydrogens (tertiary/aromatic N) is 3. The van der Waals surface area contributed by atoms with Crippen LogP contribution < -0.4 is 15.0 Å². The molecule has 2 aliphatic rings. The van der Waals surface area contributed by atoms with Gasteiger partial charge < -0.3 is 20.1 Å². The molecule has 1 aromatic carbocycles. The molecule has 1 saturated carbocycles. The van der Waals surface area contributed by atoms with Crippen LogP contribution in [-0.2, 0) is 17.9 Å². The van der Waals surface area contributed by atoms with Crippen molar-refractivity contribution in [2.45, 2.75) is 36.8 Å². The number of aromatic carboxylic acids is 1. The largest absolute Gasteiger partial charge is 0.478 e. The molecule has 210 valence electrons. The summed E-state index contributed by atoms with van der Waals surface area (Å²) in [7, 11) is 0. The summed E-state index contributed by atoms with van der Waals surface area (Å²) in [6.07, 6.45) is -8.47. The van der Waals surface area contributed by atoms with Gasteiger partial charge in [0.1, 0.15) is 17.6 Å². The molecule has 2 fully saturated rings. The van der Waals surface area contributed by atoms with Crippen molar-refractivity contribution in [3.63, 3.8) is 0 Å². The van der Waals surface area contributed by atoms with Gasteiger partial charge in [0, 0.05) is 12.3 Å². The van der Waals surface area contributed by atoms with Gasteiger partial charge in [-0.25, -0.2) is 14.8 Å². The molecule has 14 heteroatoms. The fourth-order valence-corrected chi connectivity index (χ4v) is 4.35. The number of ether oxygens (including phenoxy) is 1. The zero-order chi connectivity index (χ0) is 28.9. The van der Waals surface area contributed by atoms with Crippen molar-refractivity contribution in [2.75, 3.05) is 18.0 Å². The van der Waals surface area contributed by atoms with Gasteiger partial charge in [0.15, 0.2) is 0 Å². The van der Waals surface area contributed by atoms with E-state index in [9.17, 15) is 35.9 Å². The highest BCUT2D eigenvalue weighted by Gasteiger charge is 2.47. The van der Waals surface area contributed by atoms with Crippen LogP contribution in [0.1, 0.15) is 50.4 Å². The highest BCUT2D eigenvalue weighted by Crippen LogP contribution is 2.46. The molecule has 1 saturated heterocycles. The normalized spacial score (nSPS) is 16.7. The van der Waals surface area contributed by atoms with E-state index in [1.807, 2.05) is 0 Å². The molecule has 2 aromatic heterocycles. The lowest BCUT2D eigenvalue weighted by molar-refractivity contribution is -0.141. The summed E-state index contributed by atoms with van der Waals surface area (Å²) >= 11 is 0. The SMILES string of the molecule is O=C(O)c1ccc(C2(NC(=O)c3cc(C(F)(F)F)cnc3N3CC(Oc4cccc(C(F)(F)F)n4)C3)CC2)cc1. The van der Waals surface area contributed by atoms with Gasteiger partial charge >= 0.3 is 18.3 Å². The Hall–Kier alpha value is -4.36. The fraction of sp³-hybridized carbons (Fsp3) is 0.308. The first-order valence-electron chi connectivity index (χ1n) is 11.9. The van der Waals surface area contributed by atoms with E-state index >= 15 is 0 Å². The number of rotatable bonds is 7. The number of hydrogen-bond acceptors (Lipinski definition) is 6. The van der Waals surface area contributed by atoms with Crippen LogP contribution in [0.15, 0.2) is 54.7 Å². The topological polar surface area (TPSA) is 105 Å². The minimum Gasteiger partial charge on any atom is -0.478 e. The Balaban J connectivity index is 1.34. The number of halogens is 6. The van der Waals surface area contributed by atoms with Crippen molar-refractivity contribution in [1.29, 1.82) is 0 Å². The Bertz CT molecular complexity index is 1450. The number of anilines is 1. The molecule has 8 nitrogen and oxygen atoms in total. The van der Waals surface area contributed by atoms with E-state index in [1.165, 1.54) is 23.1 Å². The molecule has 0 spiro atoms. The van der Waals surface area contributed by atoms with Gasteiger partial charge in [0.05, 0.1) is 35.3 Å². The molecule has 1 amide bonds. The average Bonchev–Trinajstić information content (AvgIpc) is 3.65. The predicted molar refractivity (Wildman–Crippen MR) is 127 cm³/mol. The van der Waals surface area contributed by atoms with Gasteiger partial charge in [0.2, 0.25) is 5.88 Å². The summed E-state index contributed by atoms with van der Waals surface area (Å²) < 4.78 is 84.6. The molecule has 0 bridgehead atoms. The van der Waals surface area contributed by atoms with Crippen LogP contribution in [0.25, 0.3) is 0 Å². The molecule has 2 N–H and O–H groups in total. The van der Waals surface area contributed by atoms with E-state index in [0.717, 1.165) is 12.1 Å². The van der Waals surface area contributed by atoms with Crippen molar-refractivity contribution >= 4 is 17.7 Å². The number of nitrogens with one attached hydrogen (secondary N) is 1. The number of carbonyl (C=O) groups is 2. The molecular formula is C26H20F6N4O4. The average molecular weight is 566 g/mol. The summed E-state index contributed by atoms with van der Waals surface area (Å²) in [6.45, 7) is 0.0801. The number of alkyl halides is 6. The first kappa shape index (κ1) is 27.2.